The van der Waals surface area contributed by atoms with E-state index in [1.807, 2.05) is 19.1 Å². The molecule has 0 fully saturated rings. The molecule has 1 aromatic heterocycles. The summed E-state index contributed by atoms with van der Waals surface area (Å²) in [5, 5.41) is 4.98. The normalized spacial score (nSPS) is 20.3. The summed E-state index contributed by atoms with van der Waals surface area (Å²) in [4.78, 5) is 16.7. The fourth-order valence-electron chi connectivity index (χ4n) is 2.65. The van der Waals surface area contributed by atoms with Gasteiger partial charge in [-0.1, -0.05) is 5.16 Å². The molecule has 1 aromatic carbocycles. The third-order valence-electron chi connectivity index (χ3n) is 3.60. The Kier molecular flexibility index (Phi) is 2.01. The van der Waals surface area contributed by atoms with Gasteiger partial charge in [0.1, 0.15) is 24.7 Å². The lowest BCUT2D eigenvalue weighted by molar-refractivity contribution is 0.137. The van der Waals surface area contributed by atoms with E-state index >= 15 is 0 Å². The molecule has 0 saturated carbocycles. The van der Waals surface area contributed by atoms with Crippen LogP contribution in [0.1, 0.15) is 11.1 Å². The molecule has 2 aliphatic rings. The van der Waals surface area contributed by atoms with E-state index < -0.39 is 0 Å². The minimum absolute atomic E-state index is 0.115. The van der Waals surface area contributed by atoms with Crippen LogP contribution in [0.4, 0.5) is 0 Å². The van der Waals surface area contributed by atoms with Crippen LogP contribution < -0.4 is 10.4 Å². The highest BCUT2D eigenvalue weighted by Gasteiger charge is 2.34. The molecule has 5 heteroatoms. The maximum Gasteiger partial charge on any atom is 0.336 e. The minimum atomic E-state index is -0.361. The SMILES string of the molecule is Cc1cc(=O)oc2c3c(ccc12)OCC1CON=C31. The van der Waals surface area contributed by atoms with E-state index in [2.05, 4.69) is 5.16 Å². The molecule has 0 spiro atoms. The predicted octanol–water partition coefficient (Wildman–Crippen LogP) is 1.84. The Morgan fingerprint density at radius 1 is 1.32 bits per heavy atom. The van der Waals surface area contributed by atoms with Crippen LogP contribution in [-0.4, -0.2) is 18.9 Å². The second-order valence-corrected chi connectivity index (χ2v) is 4.84. The van der Waals surface area contributed by atoms with Gasteiger partial charge < -0.3 is 14.0 Å². The Labute approximate surface area is 108 Å². The summed E-state index contributed by atoms with van der Waals surface area (Å²) in [6, 6.07) is 5.29. The van der Waals surface area contributed by atoms with E-state index in [4.69, 9.17) is 14.0 Å². The number of fused-ring (bicyclic) bond motifs is 5. The average molecular weight is 257 g/mol. The number of ether oxygens (including phenoxy) is 1. The first-order chi connectivity index (χ1) is 9.24. The van der Waals surface area contributed by atoms with Gasteiger partial charge in [0.2, 0.25) is 0 Å². The molecule has 96 valence electrons. The second kappa shape index (κ2) is 3.60. The van der Waals surface area contributed by atoms with Gasteiger partial charge in [0.25, 0.3) is 0 Å². The molecule has 1 unspecified atom stereocenters. The number of rotatable bonds is 0. The van der Waals surface area contributed by atoms with Crippen LogP contribution in [0.2, 0.25) is 0 Å². The summed E-state index contributed by atoms with van der Waals surface area (Å²) in [5.41, 5.74) is 2.64. The highest BCUT2D eigenvalue weighted by atomic mass is 16.6. The minimum Gasteiger partial charge on any atom is -0.492 e. The molecule has 5 nitrogen and oxygen atoms in total. The van der Waals surface area contributed by atoms with E-state index in [-0.39, 0.29) is 11.5 Å². The predicted molar refractivity (Wildman–Crippen MR) is 68.7 cm³/mol. The van der Waals surface area contributed by atoms with Crippen molar-refractivity contribution >= 4 is 16.7 Å². The van der Waals surface area contributed by atoms with E-state index in [1.165, 1.54) is 6.07 Å². The molecule has 2 aromatic rings. The zero-order valence-corrected chi connectivity index (χ0v) is 10.3. The second-order valence-electron chi connectivity index (χ2n) is 4.84. The third-order valence-corrected chi connectivity index (χ3v) is 3.60. The first-order valence-electron chi connectivity index (χ1n) is 6.14. The molecule has 0 saturated heterocycles. The van der Waals surface area contributed by atoms with Crippen molar-refractivity contribution in [3.8, 4) is 5.75 Å². The molecule has 2 aliphatic heterocycles. The van der Waals surface area contributed by atoms with E-state index in [0.29, 0.717) is 24.5 Å². The van der Waals surface area contributed by atoms with Gasteiger partial charge in [0.15, 0.2) is 5.58 Å². The Morgan fingerprint density at radius 2 is 2.21 bits per heavy atom. The van der Waals surface area contributed by atoms with Gasteiger partial charge in [-0.3, -0.25) is 0 Å². The Bertz CT molecular complexity index is 775. The highest BCUT2D eigenvalue weighted by molar-refractivity contribution is 6.13. The maximum absolute atomic E-state index is 11.6. The number of benzene rings is 1. The van der Waals surface area contributed by atoms with Crippen molar-refractivity contribution in [2.45, 2.75) is 6.92 Å². The summed E-state index contributed by atoms with van der Waals surface area (Å²) in [7, 11) is 0. The van der Waals surface area contributed by atoms with Crippen LogP contribution in [0.25, 0.3) is 11.0 Å². The van der Waals surface area contributed by atoms with Crippen molar-refractivity contribution in [2.24, 2.45) is 11.1 Å². The Balaban J connectivity index is 2.13. The van der Waals surface area contributed by atoms with Crippen LogP contribution in [0.5, 0.6) is 5.75 Å². The van der Waals surface area contributed by atoms with Gasteiger partial charge in [-0.15, -0.1) is 0 Å². The summed E-state index contributed by atoms with van der Waals surface area (Å²) >= 11 is 0. The van der Waals surface area contributed by atoms with Crippen LogP contribution in [0.3, 0.4) is 0 Å². The van der Waals surface area contributed by atoms with Crippen LogP contribution in [-0.2, 0) is 4.84 Å². The van der Waals surface area contributed by atoms with Crippen molar-refractivity contribution < 1.29 is 14.0 Å². The maximum atomic E-state index is 11.6. The molecule has 0 radical (unpaired) electrons. The molecule has 0 N–H and O–H groups in total. The van der Waals surface area contributed by atoms with E-state index in [1.54, 1.807) is 0 Å². The van der Waals surface area contributed by atoms with Crippen LogP contribution >= 0.6 is 0 Å². The number of nitrogens with zero attached hydrogens (tertiary/aromatic N) is 1. The molecule has 0 aliphatic carbocycles. The van der Waals surface area contributed by atoms with Crippen molar-refractivity contribution in [1.82, 2.24) is 0 Å². The summed E-state index contributed by atoms with van der Waals surface area (Å²) < 4.78 is 11.1. The lowest BCUT2D eigenvalue weighted by atomic mass is 9.93. The van der Waals surface area contributed by atoms with Crippen molar-refractivity contribution in [3.05, 3.63) is 39.7 Å². The standard InChI is InChI=1S/C14H11NO4/c1-7-4-11(16)19-14-9(7)2-3-10-12(14)13-8(5-17-10)6-18-15-13/h2-4,8H,5-6H2,1H3. The van der Waals surface area contributed by atoms with Crippen molar-refractivity contribution in [1.29, 1.82) is 0 Å². The van der Waals surface area contributed by atoms with Crippen molar-refractivity contribution in [2.75, 3.05) is 13.2 Å². The van der Waals surface area contributed by atoms with Gasteiger partial charge in [-0.2, -0.15) is 0 Å². The average Bonchev–Trinajstić information content (AvgIpc) is 2.86. The number of hydrogen-bond acceptors (Lipinski definition) is 5. The molecule has 0 bridgehead atoms. The molecule has 19 heavy (non-hydrogen) atoms. The largest absolute Gasteiger partial charge is 0.492 e. The monoisotopic (exact) mass is 257 g/mol. The summed E-state index contributed by atoms with van der Waals surface area (Å²) in [6.07, 6.45) is 0. The van der Waals surface area contributed by atoms with Crippen LogP contribution in [0.15, 0.2) is 32.6 Å². The topological polar surface area (TPSA) is 61.0 Å². The van der Waals surface area contributed by atoms with Gasteiger partial charge in [-0.25, -0.2) is 4.79 Å². The van der Waals surface area contributed by atoms with Gasteiger partial charge >= 0.3 is 5.63 Å². The number of hydrogen-bond donors (Lipinski definition) is 0. The smallest absolute Gasteiger partial charge is 0.336 e. The molecular formula is C14H11NO4. The summed E-state index contributed by atoms with van der Waals surface area (Å²) in [6.45, 7) is 2.95. The summed E-state index contributed by atoms with van der Waals surface area (Å²) in [5.74, 6) is 0.811. The first-order valence-corrected chi connectivity index (χ1v) is 6.14. The van der Waals surface area contributed by atoms with Gasteiger partial charge in [-0.05, 0) is 24.6 Å². The van der Waals surface area contributed by atoms with Crippen molar-refractivity contribution in [3.63, 3.8) is 0 Å². The van der Waals surface area contributed by atoms with E-state index in [0.717, 1.165) is 22.2 Å². The van der Waals surface area contributed by atoms with Crippen LogP contribution in [0, 0.1) is 12.8 Å². The fraction of sp³-hybridized carbons (Fsp3) is 0.286. The highest BCUT2D eigenvalue weighted by Crippen LogP contribution is 2.36. The molecule has 4 rings (SSSR count). The number of oxime groups is 1. The lowest BCUT2D eigenvalue weighted by Crippen LogP contribution is -2.28. The Hall–Kier alpha value is -2.30. The first kappa shape index (κ1) is 10.6. The lowest BCUT2D eigenvalue weighted by Gasteiger charge is -2.22. The Morgan fingerprint density at radius 3 is 3.11 bits per heavy atom. The quantitative estimate of drug-likeness (QED) is 0.676. The van der Waals surface area contributed by atoms with Gasteiger partial charge in [0.05, 0.1) is 11.5 Å². The fourth-order valence-corrected chi connectivity index (χ4v) is 2.65. The molecular weight excluding hydrogens is 246 g/mol. The molecule has 3 heterocycles. The molecule has 0 amide bonds. The number of aryl methyl sites for hydroxylation is 1. The zero-order chi connectivity index (χ0) is 13.0. The van der Waals surface area contributed by atoms with Gasteiger partial charge in [0, 0.05) is 11.5 Å². The zero-order valence-electron chi connectivity index (χ0n) is 10.3. The van der Waals surface area contributed by atoms with E-state index in [9.17, 15) is 4.79 Å². The molecule has 1 atom stereocenters. The third kappa shape index (κ3) is 1.41.